The second kappa shape index (κ2) is 8.32. The van der Waals surface area contributed by atoms with Crippen LogP contribution in [0.5, 0.6) is 0 Å². The first kappa shape index (κ1) is 17.0. The summed E-state index contributed by atoms with van der Waals surface area (Å²) in [5.74, 6) is -0.0700. The van der Waals surface area contributed by atoms with E-state index in [0.717, 1.165) is 12.1 Å². The predicted molar refractivity (Wildman–Crippen MR) is 98.2 cm³/mol. The van der Waals surface area contributed by atoms with Gasteiger partial charge in [-0.05, 0) is 55.3 Å². The van der Waals surface area contributed by atoms with Crippen LogP contribution in [0.3, 0.4) is 0 Å². The molecule has 0 unspecified atom stereocenters. The summed E-state index contributed by atoms with van der Waals surface area (Å²) in [6.07, 6.45) is 3.94. The number of nitrogens with zero attached hydrogens (tertiary/aromatic N) is 1. The van der Waals surface area contributed by atoms with Crippen LogP contribution in [-0.2, 0) is 13.1 Å². The van der Waals surface area contributed by atoms with Gasteiger partial charge in [-0.25, -0.2) is 0 Å². The third kappa shape index (κ3) is 4.59. The summed E-state index contributed by atoms with van der Waals surface area (Å²) < 4.78 is 0. The molecule has 0 aliphatic carbocycles. The Balaban J connectivity index is 1.54. The number of amides is 1. The molecule has 3 nitrogen and oxygen atoms in total. The van der Waals surface area contributed by atoms with Gasteiger partial charge in [0.2, 0.25) is 0 Å². The Hall–Kier alpha value is -1.84. The van der Waals surface area contributed by atoms with Gasteiger partial charge in [-0.3, -0.25) is 9.69 Å². The minimum atomic E-state index is -0.0700. The van der Waals surface area contributed by atoms with E-state index in [-0.39, 0.29) is 5.91 Å². The topological polar surface area (TPSA) is 32.3 Å². The van der Waals surface area contributed by atoms with Gasteiger partial charge in [0.15, 0.2) is 0 Å². The number of nitrogens with one attached hydrogen (secondary N) is 1. The lowest BCUT2D eigenvalue weighted by Gasteiger charge is -2.26. The second-order valence-electron chi connectivity index (χ2n) is 6.31. The van der Waals surface area contributed by atoms with E-state index in [2.05, 4.69) is 22.3 Å². The average Bonchev–Trinajstić information content (AvgIpc) is 2.62. The lowest BCUT2D eigenvalue weighted by molar-refractivity contribution is 0.0951. The Kier molecular flexibility index (Phi) is 5.89. The number of hydrogen-bond acceptors (Lipinski definition) is 2. The molecule has 1 aliphatic heterocycles. The van der Waals surface area contributed by atoms with Crippen LogP contribution in [0.15, 0.2) is 48.5 Å². The van der Waals surface area contributed by atoms with Crippen molar-refractivity contribution in [3.05, 3.63) is 70.2 Å². The summed E-state index contributed by atoms with van der Waals surface area (Å²) in [6, 6.07) is 15.5. The van der Waals surface area contributed by atoms with Crippen LogP contribution in [0.2, 0.25) is 5.02 Å². The monoisotopic (exact) mass is 342 g/mol. The molecule has 1 saturated heterocycles. The fraction of sp³-hybridized carbons (Fsp3) is 0.350. The van der Waals surface area contributed by atoms with Crippen LogP contribution in [0, 0.1) is 0 Å². The van der Waals surface area contributed by atoms with Crippen molar-refractivity contribution < 1.29 is 4.79 Å². The molecule has 3 rings (SSSR count). The van der Waals surface area contributed by atoms with Gasteiger partial charge in [0, 0.05) is 23.7 Å². The van der Waals surface area contributed by atoms with Crippen LogP contribution < -0.4 is 5.32 Å². The molecule has 1 N–H and O–H groups in total. The molecule has 126 valence electrons. The maximum Gasteiger partial charge on any atom is 0.251 e. The smallest absolute Gasteiger partial charge is 0.251 e. The highest BCUT2D eigenvalue weighted by molar-refractivity contribution is 6.31. The molecular formula is C20H23ClN2O. The van der Waals surface area contributed by atoms with E-state index in [1.54, 1.807) is 0 Å². The average molecular weight is 343 g/mol. The van der Waals surface area contributed by atoms with Crippen molar-refractivity contribution in [2.75, 3.05) is 13.1 Å². The van der Waals surface area contributed by atoms with Crippen molar-refractivity contribution in [1.29, 1.82) is 0 Å². The summed E-state index contributed by atoms with van der Waals surface area (Å²) in [4.78, 5) is 14.7. The molecule has 0 atom stereocenters. The quantitative estimate of drug-likeness (QED) is 0.880. The molecule has 1 aliphatic rings. The summed E-state index contributed by atoms with van der Waals surface area (Å²) in [7, 11) is 0. The van der Waals surface area contributed by atoms with Gasteiger partial charge < -0.3 is 5.32 Å². The number of rotatable bonds is 5. The number of carbonyl (C=O) groups excluding carboxylic acids is 1. The third-order valence-electron chi connectivity index (χ3n) is 4.47. The van der Waals surface area contributed by atoms with Crippen molar-refractivity contribution in [2.45, 2.75) is 32.4 Å². The van der Waals surface area contributed by atoms with Crippen LogP contribution in [-0.4, -0.2) is 23.9 Å². The largest absolute Gasteiger partial charge is 0.348 e. The zero-order valence-electron chi connectivity index (χ0n) is 13.8. The number of halogens is 1. The zero-order valence-corrected chi connectivity index (χ0v) is 14.6. The molecule has 4 heteroatoms. The van der Waals surface area contributed by atoms with E-state index in [4.69, 9.17) is 11.6 Å². The van der Waals surface area contributed by atoms with Gasteiger partial charge in [0.25, 0.3) is 5.91 Å². The number of likely N-dealkylation sites (tertiary alicyclic amines) is 1. The highest BCUT2D eigenvalue weighted by Gasteiger charge is 2.11. The number of carbonyl (C=O) groups is 1. The van der Waals surface area contributed by atoms with Crippen LogP contribution in [0.1, 0.15) is 40.7 Å². The van der Waals surface area contributed by atoms with Crippen molar-refractivity contribution in [2.24, 2.45) is 0 Å². The van der Waals surface area contributed by atoms with Crippen molar-refractivity contribution in [1.82, 2.24) is 10.2 Å². The molecule has 1 heterocycles. The lowest BCUT2D eigenvalue weighted by atomic mass is 10.1. The molecule has 0 bridgehead atoms. The Morgan fingerprint density at radius 2 is 1.71 bits per heavy atom. The van der Waals surface area contributed by atoms with Gasteiger partial charge in [0.1, 0.15) is 0 Å². The van der Waals surface area contributed by atoms with E-state index in [9.17, 15) is 4.79 Å². The van der Waals surface area contributed by atoms with E-state index >= 15 is 0 Å². The molecule has 24 heavy (non-hydrogen) atoms. The standard InChI is InChI=1S/C20H23ClN2O/c21-19-7-3-2-6-18(19)14-22-20(24)17-10-8-16(9-11-17)15-23-12-4-1-5-13-23/h2-3,6-11H,1,4-5,12-15H2,(H,22,24). The highest BCUT2D eigenvalue weighted by atomic mass is 35.5. The summed E-state index contributed by atoms with van der Waals surface area (Å²) in [5, 5.41) is 3.60. The highest BCUT2D eigenvalue weighted by Crippen LogP contribution is 2.15. The second-order valence-corrected chi connectivity index (χ2v) is 6.72. The Labute approximate surface area is 148 Å². The molecule has 0 aromatic heterocycles. The van der Waals surface area contributed by atoms with Crippen molar-refractivity contribution in [3.63, 3.8) is 0 Å². The first-order chi connectivity index (χ1) is 11.7. The van der Waals surface area contributed by atoms with Gasteiger partial charge in [-0.2, -0.15) is 0 Å². The minimum absolute atomic E-state index is 0.0700. The molecule has 0 radical (unpaired) electrons. The Morgan fingerprint density at radius 3 is 2.42 bits per heavy atom. The summed E-state index contributed by atoms with van der Waals surface area (Å²) in [6.45, 7) is 3.77. The van der Waals surface area contributed by atoms with Crippen LogP contribution in [0.4, 0.5) is 0 Å². The van der Waals surface area contributed by atoms with Gasteiger partial charge in [0.05, 0.1) is 0 Å². The molecule has 2 aromatic rings. The van der Waals surface area contributed by atoms with Gasteiger partial charge >= 0.3 is 0 Å². The Morgan fingerprint density at radius 1 is 1.00 bits per heavy atom. The van der Waals surface area contributed by atoms with Crippen molar-refractivity contribution in [3.8, 4) is 0 Å². The Bertz CT molecular complexity index is 678. The number of benzene rings is 2. The molecule has 2 aromatic carbocycles. The van der Waals surface area contributed by atoms with E-state index < -0.39 is 0 Å². The maximum atomic E-state index is 12.3. The number of piperidine rings is 1. The van der Waals surface area contributed by atoms with E-state index in [1.807, 2.05) is 36.4 Å². The fourth-order valence-electron chi connectivity index (χ4n) is 3.06. The third-order valence-corrected chi connectivity index (χ3v) is 4.84. The van der Waals surface area contributed by atoms with Gasteiger partial charge in [-0.15, -0.1) is 0 Å². The first-order valence-corrected chi connectivity index (χ1v) is 8.93. The minimum Gasteiger partial charge on any atom is -0.348 e. The summed E-state index contributed by atoms with van der Waals surface area (Å²) in [5.41, 5.74) is 2.87. The summed E-state index contributed by atoms with van der Waals surface area (Å²) >= 11 is 6.11. The molecular weight excluding hydrogens is 320 g/mol. The first-order valence-electron chi connectivity index (χ1n) is 8.55. The lowest BCUT2D eigenvalue weighted by Crippen LogP contribution is -2.29. The fourth-order valence-corrected chi connectivity index (χ4v) is 3.26. The zero-order chi connectivity index (χ0) is 16.8. The normalized spacial score (nSPS) is 15.2. The van der Waals surface area contributed by atoms with E-state index in [1.165, 1.54) is 37.9 Å². The van der Waals surface area contributed by atoms with Crippen LogP contribution in [0.25, 0.3) is 0 Å². The van der Waals surface area contributed by atoms with E-state index in [0.29, 0.717) is 17.1 Å². The van der Waals surface area contributed by atoms with Crippen molar-refractivity contribution >= 4 is 17.5 Å². The molecule has 1 fully saturated rings. The SMILES string of the molecule is O=C(NCc1ccccc1Cl)c1ccc(CN2CCCCC2)cc1. The number of hydrogen-bond donors (Lipinski definition) is 1. The molecule has 1 amide bonds. The molecule has 0 spiro atoms. The molecule has 0 saturated carbocycles. The maximum absolute atomic E-state index is 12.3. The van der Waals surface area contributed by atoms with Crippen LogP contribution >= 0.6 is 11.6 Å². The van der Waals surface area contributed by atoms with Gasteiger partial charge in [-0.1, -0.05) is 48.4 Å². The predicted octanol–water partition coefficient (Wildman–Crippen LogP) is 4.26.